The van der Waals surface area contributed by atoms with Crippen LogP contribution >= 0.6 is 11.6 Å². The number of nitrogens with two attached hydrogens (primary N) is 1. The third-order valence-electron chi connectivity index (χ3n) is 2.16. The van der Waals surface area contributed by atoms with Gasteiger partial charge in [-0.15, -0.1) is 0 Å². The standard InChI is InChI=1S/C12H18ClNO2/c1-2-10-9-11(3-4-12(10)13)16-8-7-15-6-5-14/h3-4,9H,2,5-8,14H2,1H3. The van der Waals surface area contributed by atoms with Crippen LogP contribution in [-0.4, -0.2) is 26.4 Å². The number of ether oxygens (including phenoxy) is 2. The Balaban J connectivity index is 2.36. The molecule has 0 unspecified atom stereocenters. The second-order valence-electron chi connectivity index (χ2n) is 3.36. The molecule has 0 saturated heterocycles. The van der Waals surface area contributed by atoms with Gasteiger partial charge in [-0.2, -0.15) is 0 Å². The van der Waals surface area contributed by atoms with Crippen molar-refractivity contribution < 1.29 is 9.47 Å². The Morgan fingerprint density at radius 1 is 1.25 bits per heavy atom. The van der Waals surface area contributed by atoms with E-state index < -0.39 is 0 Å². The summed E-state index contributed by atoms with van der Waals surface area (Å²) in [6, 6.07) is 5.69. The van der Waals surface area contributed by atoms with E-state index in [2.05, 4.69) is 6.92 Å². The van der Waals surface area contributed by atoms with Gasteiger partial charge >= 0.3 is 0 Å². The SMILES string of the molecule is CCc1cc(OCCOCCN)ccc1Cl. The Labute approximate surface area is 101 Å². The van der Waals surface area contributed by atoms with Crippen LogP contribution in [0.1, 0.15) is 12.5 Å². The van der Waals surface area contributed by atoms with E-state index in [1.807, 2.05) is 18.2 Å². The first-order valence-corrected chi connectivity index (χ1v) is 5.84. The Hall–Kier alpha value is -0.770. The van der Waals surface area contributed by atoms with Crippen LogP contribution in [0.2, 0.25) is 5.02 Å². The lowest BCUT2D eigenvalue weighted by Gasteiger charge is -2.08. The zero-order chi connectivity index (χ0) is 11.8. The van der Waals surface area contributed by atoms with Crippen molar-refractivity contribution in [1.82, 2.24) is 0 Å². The third kappa shape index (κ3) is 4.39. The first-order chi connectivity index (χ1) is 7.77. The Morgan fingerprint density at radius 2 is 2.06 bits per heavy atom. The van der Waals surface area contributed by atoms with Gasteiger partial charge in [0, 0.05) is 11.6 Å². The maximum absolute atomic E-state index is 6.00. The number of aryl methyl sites for hydroxylation is 1. The van der Waals surface area contributed by atoms with E-state index in [1.54, 1.807) is 0 Å². The molecule has 90 valence electrons. The molecule has 0 radical (unpaired) electrons. The largest absolute Gasteiger partial charge is 0.491 e. The van der Waals surface area contributed by atoms with E-state index in [0.717, 1.165) is 22.8 Å². The van der Waals surface area contributed by atoms with E-state index in [4.69, 9.17) is 26.8 Å². The molecule has 1 aromatic rings. The summed E-state index contributed by atoms with van der Waals surface area (Å²) >= 11 is 6.00. The van der Waals surface area contributed by atoms with Crippen LogP contribution < -0.4 is 10.5 Å². The normalized spacial score (nSPS) is 10.4. The Bertz CT molecular complexity index is 318. The molecule has 16 heavy (non-hydrogen) atoms. The minimum Gasteiger partial charge on any atom is -0.491 e. The summed E-state index contributed by atoms with van der Waals surface area (Å²) in [4.78, 5) is 0. The molecule has 0 fully saturated rings. The molecule has 4 heteroatoms. The highest BCUT2D eigenvalue weighted by Gasteiger charge is 2.00. The zero-order valence-corrected chi connectivity index (χ0v) is 10.3. The molecule has 0 aliphatic carbocycles. The van der Waals surface area contributed by atoms with E-state index in [-0.39, 0.29) is 0 Å². The average Bonchev–Trinajstić information content (AvgIpc) is 2.31. The van der Waals surface area contributed by atoms with E-state index in [1.165, 1.54) is 0 Å². The van der Waals surface area contributed by atoms with Crippen molar-refractivity contribution in [3.8, 4) is 5.75 Å². The lowest BCUT2D eigenvalue weighted by atomic mass is 10.1. The molecule has 0 bridgehead atoms. The predicted octanol–water partition coefficient (Wildman–Crippen LogP) is 2.26. The van der Waals surface area contributed by atoms with Crippen molar-refractivity contribution >= 4 is 11.6 Å². The van der Waals surface area contributed by atoms with Crippen LogP contribution in [0.3, 0.4) is 0 Å². The fourth-order valence-corrected chi connectivity index (χ4v) is 1.57. The maximum atomic E-state index is 6.00. The zero-order valence-electron chi connectivity index (χ0n) is 9.54. The Morgan fingerprint density at radius 3 is 2.75 bits per heavy atom. The summed E-state index contributed by atoms with van der Waals surface area (Å²) in [5.74, 6) is 0.831. The molecule has 1 aromatic carbocycles. The Kier molecular flexibility index (Phi) is 6.23. The fourth-order valence-electron chi connectivity index (χ4n) is 1.32. The van der Waals surface area contributed by atoms with Gasteiger partial charge in [-0.3, -0.25) is 0 Å². The molecule has 0 aliphatic rings. The van der Waals surface area contributed by atoms with Gasteiger partial charge in [0.15, 0.2) is 0 Å². The van der Waals surface area contributed by atoms with Crippen LogP contribution in [0.4, 0.5) is 0 Å². The number of benzene rings is 1. The molecule has 0 spiro atoms. The summed E-state index contributed by atoms with van der Waals surface area (Å²) in [6.45, 7) is 4.27. The topological polar surface area (TPSA) is 44.5 Å². The predicted molar refractivity (Wildman–Crippen MR) is 66.2 cm³/mol. The van der Waals surface area contributed by atoms with Crippen LogP contribution in [0.5, 0.6) is 5.75 Å². The summed E-state index contributed by atoms with van der Waals surface area (Å²) in [5.41, 5.74) is 6.40. The van der Waals surface area contributed by atoms with Crippen molar-refractivity contribution in [2.24, 2.45) is 5.73 Å². The summed E-state index contributed by atoms with van der Waals surface area (Å²) in [6.07, 6.45) is 0.902. The van der Waals surface area contributed by atoms with Crippen molar-refractivity contribution in [3.05, 3.63) is 28.8 Å². The number of halogens is 1. The van der Waals surface area contributed by atoms with Gasteiger partial charge in [0.25, 0.3) is 0 Å². The number of hydrogen-bond acceptors (Lipinski definition) is 3. The molecule has 1 rings (SSSR count). The highest BCUT2D eigenvalue weighted by molar-refractivity contribution is 6.31. The van der Waals surface area contributed by atoms with Gasteiger partial charge in [-0.1, -0.05) is 18.5 Å². The monoisotopic (exact) mass is 243 g/mol. The summed E-state index contributed by atoms with van der Waals surface area (Å²) in [7, 11) is 0. The molecule has 0 amide bonds. The van der Waals surface area contributed by atoms with Gasteiger partial charge < -0.3 is 15.2 Å². The van der Waals surface area contributed by atoms with Gasteiger partial charge in [0.2, 0.25) is 0 Å². The lowest BCUT2D eigenvalue weighted by Crippen LogP contribution is -2.13. The smallest absolute Gasteiger partial charge is 0.119 e. The highest BCUT2D eigenvalue weighted by atomic mass is 35.5. The lowest BCUT2D eigenvalue weighted by molar-refractivity contribution is 0.106. The second-order valence-corrected chi connectivity index (χ2v) is 3.76. The van der Waals surface area contributed by atoms with Gasteiger partial charge in [-0.25, -0.2) is 0 Å². The molecular weight excluding hydrogens is 226 g/mol. The minimum atomic E-state index is 0.533. The van der Waals surface area contributed by atoms with Crippen LogP contribution in [-0.2, 0) is 11.2 Å². The highest BCUT2D eigenvalue weighted by Crippen LogP contribution is 2.22. The van der Waals surface area contributed by atoms with Crippen molar-refractivity contribution in [2.45, 2.75) is 13.3 Å². The van der Waals surface area contributed by atoms with E-state index in [0.29, 0.717) is 26.4 Å². The van der Waals surface area contributed by atoms with Gasteiger partial charge in [0.05, 0.1) is 13.2 Å². The molecule has 0 aliphatic heterocycles. The molecule has 0 aromatic heterocycles. The van der Waals surface area contributed by atoms with E-state index >= 15 is 0 Å². The summed E-state index contributed by atoms with van der Waals surface area (Å²) < 4.78 is 10.7. The molecule has 2 N–H and O–H groups in total. The van der Waals surface area contributed by atoms with Crippen molar-refractivity contribution in [3.63, 3.8) is 0 Å². The summed E-state index contributed by atoms with van der Waals surface area (Å²) in [5, 5.41) is 0.786. The van der Waals surface area contributed by atoms with E-state index in [9.17, 15) is 0 Å². The molecular formula is C12H18ClNO2. The molecule has 0 atom stereocenters. The van der Waals surface area contributed by atoms with Crippen LogP contribution in [0, 0.1) is 0 Å². The van der Waals surface area contributed by atoms with Gasteiger partial charge in [-0.05, 0) is 30.2 Å². The first-order valence-electron chi connectivity index (χ1n) is 5.47. The maximum Gasteiger partial charge on any atom is 0.119 e. The average molecular weight is 244 g/mol. The van der Waals surface area contributed by atoms with Crippen molar-refractivity contribution in [1.29, 1.82) is 0 Å². The fraction of sp³-hybridized carbons (Fsp3) is 0.500. The van der Waals surface area contributed by atoms with Crippen LogP contribution in [0.25, 0.3) is 0 Å². The quantitative estimate of drug-likeness (QED) is 0.748. The molecule has 0 saturated carbocycles. The van der Waals surface area contributed by atoms with Crippen molar-refractivity contribution in [2.75, 3.05) is 26.4 Å². The third-order valence-corrected chi connectivity index (χ3v) is 2.53. The minimum absolute atomic E-state index is 0.533. The second kappa shape index (κ2) is 7.49. The molecule has 3 nitrogen and oxygen atoms in total. The molecule has 0 heterocycles. The first kappa shape index (κ1) is 13.3. The van der Waals surface area contributed by atoms with Gasteiger partial charge in [0.1, 0.15) is 12.4 Å². The number of rotatable bonds is 7. The van der Waals surface area contributed by atoms with Crippen LogP contribution in [0.15, 0.2) is 18.2 Å². The number of hydrogen-bond donors (Lipinski definition) is 1.